The maximum Gasteiger partial charge on any atom is 0.350 e. The number of hydrogen-bond acceptors (Lipinski definition) is 8. The molecule has 0 saturated carbocycles. The highest BCUT2D eigenvalue weighted by molar-refractivity contribution is 9.10. The molecule has 0 bridgehead atoms. The van der Waals surface area contributed by atoms with Crippen molar-refractivity contribution in [2.75, 3.05) is 11.9 Å². The van der Waals surface area contributed by atoms with E-state index < -0.39 is 17.4 Å². The molecule has 142 valence electrons. The lowest BCUT2D eigenvalue weighted by molar-refractivity contribution is -0.116. The molecule has 0 spiro atoms. The van der Waals surface area contributed by atoms with Gasteiger partial charge in [-0.1, -0.05) is 11.3 Å². The maximum absolute atomic E-state index is 12.6. The van der Waals surface area contributed by atoms with Gasteiger partial charge < -0.3 is 10.1 Å². The Labute approximate surface area is 165 Å². The van der Waals surface area contributed by atoms with Gasteiger partial charge in [0.2, 0.25) is 5.91 Å². The zero-order valence-electron chi connectivity index (χ0n) is 14.6. The van der Waals surface area contributed by atoms with Crippen molar-refractivity contribution >= 4 is 55.3 Å². The lowest BCUT2D eigenvalue weighted by atomic mass is 10.4. The number of rotatable bonds is 5. The third-order valence-electron chi connectivity index (χ3n) is 3.59. The lowest BCUT2D eigenvalue weighted by Crippen LogP contribution is -2.28. The van der Waals surface area contributed by atoms with E-state index in [2.05, 4.69) is 36.3 Å². The van der Waals surface area contributed by atoms with Gasteiger partial charge in [0.05, 0.1) is 12.3 Å². The van der Waals surface area contributed by atoms with Crippen LogP contribution in [0.4, 0.5) is 5.13 Å². The Bertz CT molecular complexity index is 1100. The van der Waals surface area contributed by atoms with E-state index in [0.29, 0.717) is 26.2 Å². The highest BCUT2D eigenvalue weighted by Gasteiger charge is 2.19. The number of nitrogens with zero attached hydrogens (tertiary/aromatic N) is 5. The standard InChI is InChI=1S/C15H15BrN6O4S/c1-4-26-14(25)10-7(2)18-15(27-10)19-8(23)5-22-6-17-12-9(13(22)24)11(16)20-21(12)3/h6H,4-5H2,1-3H3,(H,18,19,23). The molecular formula is C15H15BrN6O4S. The second-order valence-electron chi connectivity index (χ2n) is 5.49. The van der Waals surface area contributed by atoms with Crippen LogP contribution in [-0.2, 0) is 23.1 Å². The fraction of sp³-hybridized carbons (Fsp3) is 0.333. The smallest absolute Gasteiger partial charge is 0.350 e. The molecule has 0 aliphatic heterocycles. The van der Waals surface area contributed by atoms with E-state index in [0.717, 1.165) is 11.3 Å². The fourth-order valence-corrected chi connectivity index (χ4v) is 3.86. The molecule has 1 N–H and O–H groups in total. The van der Waals surface area contributed by atoms with Gasteiger partial charge in [-0.15, -0.1) is 0 Å². The molecule has 10 nitrogen and oxygen atoms in total. The molecule has 1 amide bonds. The van der Waals surface area contributed by atoms with Crippen LogP contribution in [-0.4, -0.2) is 42.8 Å². The van der Waals surface area contributed by atoms with Gasteiger partial charge in [0.25, 0.3) is 5.56 Å². The van der Waals surface area contributed by atoms with Crippen molar-refractivity contribution in [2.45, 2.75) is 20.4 Å². The first-order chi connectivity index (χ1) is 12.8. The third kappa shape index (κ3) is 3.76. The number of hydrogen-bond donors (Lipinski definition) is 1. The second kappa shape index (κ2) is 7.56. The van der Waals surface area contributed by atoms with Crippen molar-refractivity contribution in [2.24, 2.45) is 7.05 Å². The molecule has 3 rings (SSSR count). The Kier molecular flexibility index (Phi) is 5.37. The summed E-state index contributed by atoms with van der Waals surface area (Å²) in [4.78, 5) is 45.3. The average Bonchev–Trinajstić information content (AvgIpc) is 3.10. The largest absolute Gasteiger partial charge is 0.462 e. The first-order valence-electron chi connectivity index (χ1n) is 7.83. The quantitative estimate of drug-likeness (QED) is 0.579. The van der Waals surface area contributed by atoms with Crippen LogP contribution < -0.4 is 10.9 Å². The van der Waals surface area contributed by atoms with Crippen molar-refractivity contribution in [3.05, 3.63) is 31.9 Å². The number of halogens is 1. The number of aromatic nitrogens is 5. The monoisotopic (exact) mass is 454 g/mol. The van der Waals surface area contributed by atoms with Gasteiger partial charge in [-0.3, -0.25) is 14.2 Å². The number of amides is 1. The Balaban J connectivity index is 1.79. The second-order valence-corrected chi connectivity index (χ2v) is 7.24. The number of esters is 1. The number of carbonyl (C=O) groups excluding carboxylic acids is 2. The van der Waals surface area contributed by atoms with Crippen LogP contribution in [0.2, 0.25) is 0 Å². The Morgan fingerprint density at radius 2 is 2.15 bits per heavy atom. The molecule has 12 heteroatoms. The summed E-state index contributed by atoms with van der Waals surface area (Å²) in [5, 5.41) is 7.22. The van der Waals surface area contributed by atoms with E-state index in [1.807, 2.05) is 0 Å². The highest BCUT2D eigenvalue weighted by Crippen LogP contribution is 2.23. The minimum Gasteiger partial charge on any atom is -0.462 e. The average molecular weight is 455 g/mol. The van der Waals surface area contributed by atoms with Crippen LogP contribution in [0.15, 0.2) is 15.7 Å². The van der Waals surface area contributed by atoms with Crippen molar-refractivity contribution in [3.63, 3.8) is 0 Å². The van der Waals surface area contributed by atoms with E-state index in [9.17, 15) is 14.4 Å². The normalized spacial score (nSPS) is 11.0. The predicted molar refractivity (Wildman–Crippen MR) is 102 cm³/mol. The van der Waals surface area contributed by atoms with Crippen molar-refractivity contribution in [1.82, 2.24) is 24.3 Å². The maximum atomic E-state index is 12.6. The zero-order chi connectivity index (χ0) is 19.7. The summed E-state index contributed by atoms with van der Waals surface area (Å²) in [6.07, 6.45) is 1.29. The summed E-state index contributed by atoms with van der Waals surface area (Å²) in [5.74, 6) is -0.956. The number of fused-ring (bicyclic) bond motifs is 1. The summed E-state index contributed by atoms with van der Waals surface area (Å²) < 4.78 is 7.96. The van der Waals surface area contributed by atoms with Gasteiger partial charge in [-0.2, -0.15) is 5.10 Å². The molecule has 0 fully saturated rings. The minimum absolute atomic E-state index is 0.250. The third-order valence-corrected chi connectivity index (χ3v) is 5.19. The molecule has 0 aliphatic rings. The first-order valence-corrected chi connectivity index (χ1v) is 9.44. The van der Waals surface area contributed by atoms with Crippen LogP contribution in [0, 0.1) is 6.92 Å². The summed E-state index contributed by atoms with van der Waals surface area (Å²) in [6, 6.07) is 0. The summed E-state index contributed by atoms with van der Waals surface area (Å²) in [6.45, 7) is 3.36. The Hall–Kier alpha value is -2.60. The van der Waals surface area contributed by atoms with Crippen molar-refractivity contribution in [3.8, 4) is 0 Å². The number of aryl methyl sites for hydroxylation is 2. The van der Waals surface area contributed by atoms with Crippen LogP contribution in [0.5, 0.6) is 0 Å². The van der Waals surface area contributed by atoms with Crippen LogP contribution in [0.25, 0.3) is 11.0 Å². The molecule has 27 heavy (non-hydrogen) atoms. The molecule has 0 atom stereocenters. The van der Waals surface area contributed by atoms with Gasteiger partial charge in [-0.25, -0.2) is 19.4 Å². The van der Waals surface area contributed by atoms with Crippen LogP contribution in [0.1, 0.15) is 22.3 Å². The summed E-state index contributed by atoms with van der Waals surface area (Å²) >= 11 is 4.24. The lowest BCUT2D eigenvalue weighted by Gasteiger charge is -2.05. The van der Waals surface area contributed by atoms with E-state index in [1.165, 1.54) is 15.6 Å². The Morgan fingerprint density at radius 1 is 1.41 bits per heavy atom. The minimum atomic E-state index is -0.486. The molecule has 0 saturated heterocycles. The topological polar surface area (TPSA) is 121 Å². The van der Waals surface area contributed by atoms with E-state index >= 15 is 0 Å². The van der Waals surface area contributed by atoms with E-state index in [-0.39, 0.29) is 18.3 Å². The summed E-state index contributed by atoms with van der Waals surface area (Å²) in [5.41, 5.74) is 0.490. The number of thiazole rings is 1. The number of carbonyl (C=O) groups is 2. The number of anilines is 1. The van der Waals surface area contributed by atoms with Gasteiger partial charge in [0, 0.05) is 7.05 Å². The van der Waals surface area contributed by atoms with E-state index in [4.69, 9.17) is 4.74 Å². The predicted octanol–water partition coefficient (Wildman–Crippen LogP) is 1.47. The molecule has 0 aliphatic carbocycles. The molecule has 0 radical (unpaired) electrons. The zero-order valence-corrected chi connectivity index (χ0v) is 17.0. The van der Waals surface area contributed by atoms with Gasteiger partial charge >= 0.3 is 5.97 Å². The molecule has 0 unspecified atom stereocenters. The van der Waals surface area contributed by atoms with Crippen LogP contribution >= 0.6 is 27.3 Å². The Morgan fingerprint density at radius 3 is 2.85 bits per heavy atom. The van der Waals surface area contributed by atoms with Crippen molar-refractivity contribution in [1.29, 1.82) is 0 Å². The van der Waals surface area contributed by atoms with Gasteiger partial charge in [-0.05, 0) is 29.8 Å². The molecular weight excluding hydrogens is 440 g/mol. The fourth-order valence-electron chi connectivity index (χ4n) is 2.40. The van der Waals surface area contributed by atoms with Gasteiger partial charge in [0.15, 0.2) is 10.8 Å². The molecule has 3 aromatic rings. The molecule has 3 aromatic heterocycles. The van der Waals surface area contributed by atoms with Crippen LogP contribution in [0.3, 0.4) is 0 Å². The summed E-state index contributed by atoms with van der Waals surface area (Å²) in [7, 11) is 1.67. The van der Waals surface area contributed by atoms with Crippen molar-refractivity contribution < 1.29 is 14.3 Å². The van der Waals surface area contributed by atoms with E-state index in [1.54, 1.807) is 20.9 Å². The first kappa shape index (κ1) is 19.2. The molecule has 3 heterocycles. The molecule has 0 aromatic carbocycles. The van der Waals surface area contributed by atoms with Gasteiger partial charge in [0.1, 0.15) is 27.7 Å². The number of ether oxygens (including phenoxy) is 1. The highest BCUT2D eigenvalue weighted by atomic mass is 79.9. The SMILES string of the molecule is CCOC(=O)c1sc(NC(=O)Cn2cnc3c(c(Br)nn3C)c2=O)nc1C. The number of nitrogens with one attached hydrogen (secondary N) is 1.